The molecule has 0 saturated carbocycles. The number of aryl methyl sites for hydroxylation is 1. The molecular weight excluding hydrogens is 240 g/mol. The van der Waals surface area contributed by atoms with Crippen LogP contribution in [-0.4, -0.2) is 31.0 Å². The number of nitrogens with zero attached hydrogens (tertiary/aromatic N) is 1. The molecule has 4 heteroatoms. The van der Waals surface area contributed by atoms with Crippen molar-refractivity contribution in [1.82, 2.24) is 5.32 Å². The summed E-state index contributed by atoms with van der Waals surface area (Å²) in [7, 11) is 1.63. The number of hydrogen-bond donors (Lipinski definition) is 2. The molecule has 0 saturated heterocycles. The fraction of sp³-hybridized carbons (Fsp3) is 0.533. The fourth-order valence-electron chi connectivity index (χ4n) is 1.84. The van der Waals surface area contributed by atoms with Gasteiger partial charge in [0.15, 0.2) is 0 Å². The number of ether oxygens (including phenoxy) is 1. The molecule has 1 atom stereocenters. The first-order valence-corrected chi connectivity index (χ1v) is 6.40. The molecule has 0 aliphatic rings. The van der Waals surface area contributed by atoms with Crippen molar-refractivity contribution in [2.45, 2.75) is 32.4 Å². The minimum atomic E-state index is -0.767. The van der Waals surface area contributed by atoms with E-state index in [-0.39, 0.29) is 0 Å². The Hall–Kier alpha value is -1.41. The molecule has 1 aromatic rings. The lowest BCUT2D eigenvalue weighted by molar-refractivity contribution is 0.0247. The Balaban J connectivity index is 2.47. The third-order valence-corrected chi connectivity index (χ3v) is 3.14. The highest BCUT2D eigenvalue weighted by molar-refractivity contribution is 5.37. The molecule has 1 unspecified atom stereocenters. The Bertz CT molecular complexity index is 450. The zero-order valence-corrected chi connectivity index (χ0v) is 11.9. The third-order valence-electron chi connectivity index (χ3n) is 3.14. The van der Waals surface area contributed by atoms with Crippen molar-refractivity contribution in [3.63, 3.8) is 0 Å². The van der Waals surface area contributed by atoms with Gasteiger partial charge in [0.1, 0.15) is 0 Å². The molecule has 4 nitrogen and oxygen atoms in total. The van der Waals surface area contributed by atoms with Crippen molar-refractivity contribution in [3.05, 3.63) is 34.9 Å². The maximum absolute atomic E-state index is 10.1. The zero-order chi connectivity index (χ0) is 14.3. The van der Waals surface area contributed by atoms with Gasteiger partial charge in [-0.05, 0) is 37.1 Å². The van der Waals surface area contributed by atoms with Gasteiger partial charge in [0, 0.05) is 33.2 Å². The molecule has 0 aliphatic carbocycles. The zero-order valence-electron chi connectivity index (χ0n) is 11.9. The second-order valence-corrected chi connectivity index (χ2v) is 5.10. The highest BCUT2D eigenvalue weighted by atomic mass is 16.5. The van der Waals surface area contributed by atoms with Gasteiger partial charge in [-0.3, -0.25) is 0 Å². The van der Waals surface area contributed by atoms with Crippen LogP contribution in [0.25, 0.3) is 0 Å². The molecule has 0 radical (unpaired) electrons. The van der Waals surface area contributed by atoms with E-state index >= 15 is 0 Å². The number of methoxy groups -OCH3 is 1. The molecule has 0 amide bonds. The second kappa shape index (κ2) is 7.25. The monoisotopic (exact) mass is 262 g/mol. The van der Waals surface area contributed by atoms with E-state index in [2.05, 4.69) is 11.4 Å². The Kier molecular flexibility index (Phi) is 5.97. The highest BCUT2D eigenvalue weighted by Gasteiger charge is 2.19. The number of hydrogen-bond acceptors (Lipinski definition) is 4. The molecule has 0 fully saturated rings. The van der Waals surface area contributed by atoms with Crippen LogP contribution in [0.5, 0.6) is 0 Å². The van der Waals surface area contributed by atoms with E-state index in [1.807, 2.05) is 25.1 Å². The van der Waals surface area contributed by atoms with Crippen LogP contribution in [0.1, 0.15) is 30.0 Å². The predicted octanol–water partition coefficient (Wildman–Crippen LogP) is 1.74. The van der Waals surface area contributed by atoms with Gasteiger partial charge < -0.3 is 15.2 Å². The van der Waals surface area contributed by atoms with Crippen LogP contribution < -0.4 is 5.32 Å². The topological polar surface area (TPSA) is 65.3 Å². The lowest BCUT2D eigenvalue weighted by Crippen LogP contribution is -2.38. The van der Waals surface area contributed by atoms with E-state index < -0.39 is 5.60 Å². The molecule has 1 rings (SSSR count). The molecule has 0 heterocycles. The molecule has 0 bridgehead atoms. The lowest BCUT2D eigenvalue weighted by atomic mass is 10.0. The van der Waals surface area contributed by atoms with Crippen molar-refractivity contribution < 1.29 is 9.84 Å². The van der Waals surface area contributed by atoms with Crippen LogP contribution in [0.2, 0.25) is 0 Å². The summed E-state index contributed by atoms with van der Waals surface area (Å²) in [5.74, 6) is 0. The average Bonchev–Trinajstić information content (AvgIpc) is 2.38. The predicted molar refractivity (Wildman–Crippen MR) is 74.7 cm³/mol. The normalized spacial score (nSPS) is 13.8. The van der Waals surface area contributed by atoms with Gasteiger partial charge in [0.25, 0.3) is 0 Å². The summed E-state index contributed by atoms with van der Waals surface area (Å²) in [4.78, 5) is 0. The smallest absolute Gasteiger partial charge is 0.0991 e. The number of nitriles is 1. The second-order valence-electron chi connectivity index (χ2n) is 5.10. The number of aliphatic hydroxyl groups is 1. The largest absolute Gasteiger partial charge is 0.389 e. The van der Waals surface area contributed by atoms with Crippen molar-refractivity contribution in [2.75, 3.05) is 20.3 Å². The van der Waals surface area contributed by atoms with Crippen LogP contribution in [-0.2, 0) is 11.3 Å². The Morgan fingerprint density at radius 2 is 2.21 bits per heavy atom. The molecule has 0 aromatic heterocycles. The van der Waals surface area contributed by atoms with E-state index in [0.29, 0.717) is 31.7 Å². The minimum absolute atomic E-state index is 0.510. The van der Waals surface area contributed by atoms with Gasteiger partial charge >= 0.3 is 0 Å². The first kappa shape index (κ1) is 15.6. The number of nitrogens with one attached hydrogen (secondary N) is 1. The Labute approximate surface area is 115 Å². The fourth-order valence-corrected chi connectivity index (χ4v) is 1.84. The first-order chi connectivity index (χ1) is 8.98. The SMILES string of the molecule is COCCC(C)(O)CNCc1ccc(C#N)cc1C. The van der Waals surface area contributed by atoms with Crippen molar-refractivity contribution >= 4 is 0 Å². The highest BCUT2D eigenvalue weighted by Crippen LogP contribution is 2.12. The van der Waals surface area contributed by atoms with Gasteiger partial charge in [0.05, 0.1) is 17.2 Å². The van der Waals surface area contributed by atoms with Gasteiger partial charge in [0.2, 0.25) is 0 Å². The van der Waals surface area contributed by atoms with E-state index in [4.69, 9.17) is 10.00 Å². The van der Waals surface area contributed by atoms with Gasteiger partial charge in [-0.1, -0.05) is 6.07 Å². The summed E-state index contributed by atoms with van der Waals surface area (Å²) in [5.41, 5.74) is 2.13. The first-order valence-electron chi connectivity index (χ1n) is 6.40. The van der Waals surface area contributed by atoms with Crippen LogP contribution in [0.15, 0.2) is 18.2 Å². The van der Waals surface area contributed by atoms with Crippen molar-refractivity contribution in [2.24, 2.45) is 0 Å². The standard InChI is InChI=1S/C15H22N2O2/c1-12-8-13(9-16)4-5-14(12)10-17-11-15(2,18)6-7-19-3/h4-5,8,17-18H,6-7,10-11H2,1-3H3. The molecule has 104 valence electrons. The molecule has 19 heavy (non-hydrogen) atoms. The number of rotatable bonds is 7. The molecule has 0 spiro atoms. The summed E-state index contributed by atoms with van der Waals surface area (Å²) in [6.07, 6.45) is 0.600. The van der Waals surface area contributed by atoms with Gasteiger partial charge in [-0.25, -0.2) is 0 Å². The van der Waals surface area contributed by atoms with Crippen LogP contribution in [0.3, 0.4) is 0 Å². The maximum Gasteiger partial charge on any atom is 0.0991 e. The summed E-state index contributed by atoms with van der Waals surface area (Å²) >= 11 is 0. The van der Waals surface area contributed by atoms with Crippen LogP contribution >= 0.6 is 0 Å². The van der Waals surface area contributed by atoms with Crippen LogP contribution in [0.4, 0.5) is 0 Å². The van der Waals surface area contributed by atoms with Crippen molar-refractivity contribution in [1.29, 1.82) is 5.26 Å². The summed E-state index contributed by atoms with van der Waals surface area (Å²) in [5, 5.41) is 22.1. The lowest BCUT2D eigenvalue weighted by Gasteiger charge is -2.23. The van der Waals surface area contributed by atoms with E-state index in [9.17, 15) is 5.11 Å². The van der Waals surface area contributed by atoms with E-state index in [0.717, 1.165) is 11.1 Å². The minimum Gasteiger partial charge on any atom is -0.389 e. The third kappa shape index (κ3) is 5.39. The number of benzene rings is 1. The summed E-state index contributed by atoms with van der Waals surface area (Å²) < 4.78 is 4.97. The van der Waals surface area contributed by atoms with Gasteiger partial charge in [-0.15, -0.1) is 0 Å². The maximum atomic E-state index is 10.1. The molecular formula is C15H22N2O2. The Morgan fingerprint density at radius 1 is 1.47 bits per heavy atom. The van der Waals surface area contributed by atoms with Crippen LogP contribution in [0, 0.1) is 18.3 Å². The quantitative estimate of drug-likeness (QED) is 0.785. The van der Waals surface area contributed by atoms with Gasteiger partial charge in [-0.2, -0.15) is 5.26 Å². The van der Waals surface area contributed by atoms with E-state index in [1.54, 1.807) is 14.0 Å². The molecule has 1 aromatic carbocycles. The molecule has 2 N–H and O–H groups in total. The summed E-state index contributed by atoms with van der Waals surface area (Å²) in [6, 6.07) is 7.76. The Morgan fingerprint density at radius 3 is 2.79 bits per heavy atom. The van der Waals surface area contributed by atoms with Crippen molar-refractivity contribution in [3.8, 4) is 6.07 Å². The molecule has 0 aliphatic heterocycles. The van der Waals surface area contributed by atoms with E-state index in [1.165, 1.54) is 0 Å². The summed E-state index contributed by atoms with van der Waals surface area (Å²) in [6.45, 7) is 5.52. The average molecular weight is 262 g/mol.